The van der Waals surface area contributed by atoms with Crippen molar-refractivity contribution in [2.24, 2.45) is 5.92 Å². The maximum Gasteiger partial charge on any atom is 0.471 e. The number of halogens is 4. The van der Waals surface area contributed by atoms with Crippen LogP contribution in [0.2, 0.25) is 0 Å². The van der Waals surface area contributed by atoms with Gasteiger partial charge in [-0.3, -0.25) is 9.59 Å². The molecule has 2 aromatic carbocycles. The first-order valence-corrected chi connectivity index (χ1v) is 8.28. The summed E-state index contributed by atoms with van der Waals surface area (Å²) in [5.41, 5.74) is 1.07. The standard InChI is InChI=1S/C19H16F4N2O2/c20-13-5-3-12(4-6-13)16(11-1-2-11)17(26)24-14-7-9-15(10-8-14)25-18(27)19(21,22)23/h3-11,16H,1-2H2,(H,24,26)(H,25,27). The summed E-state index contributed by atoms with van der Waals surface area (Å²) in [7, 11) is 0. The van der Waals surface area contributed by atoms with E-state index in [1.54, 1.807) is 17.4 Å². The van der Waals surface area contributed by atoms with Gasteiger partial charge in [0, 0.05) is 11.4 Å². The zero-order valence-corrected chi connectivity index (χ0v) is 14.0. The first-order valence-electron chi connectivity index (χ1n) is 8.28. The van der Waals surface area contributed by atoms with Gasteiger partial charge in [0.15, 0.2) is 0 Å². The Morgan fingerprint density at radius 3 is 1.89 bits per heavy atom. The third-order valence-corrected chi connectivity index (χ3v) is 4.27. The van der Waals surface area contributed by atoms with Gasteiger partial charge in [-0.25, -0.2) is 4.39 Å². The molecule has 142 valence electrons. The number of hydrogen-bond acceptors (Lipinski definition) is 2. The second kappa shape index (κ2) is 7.38. The van der Waals surface area contributed by atoms with Crippen LogP contribution in [-0.4, -0.2) is 18.0 Å². The lowest BCUT2D eigenvalue weighted by molar-refractivity contribution is -0.167. The van der Waals surface area contributed by atoms with Gasteiger partial charge in [0.25, 0.3) is 0 Å². The van der Waals surface area contributed by atoms with Crippen molar-refractivity contribution in [3.8, 4) is 0 Å². The number of anilines is 2. The monoisotopic (exact) mass is 380 g/mol. The Balaban J connectivity index is 1.67. The van der Waals surface area contributed by atoms with E-state index in [1.807, 2.05) is 0 Å². The molecule has 1 fully saturated rings. The van der Waals surface area contributed by atoms with Crippen LogP contribution in [0.1, 0.15) is 24.3 Å². The van der Waals surface area contributed by atoms with Gasteiger partial charge in [0.05, 0.1) is 5.92 Å². The van der Waals surface area contributed by atoms with Crippen LogP contribution in [0, 0.1) is 11.7 Å². The van der Waals surface area contributed by atoms with Crippen LogP contribution in [0.15, 0.2) is 48.5 Å². The van der Waals surface area contributed by atoms with E-state index in [4.69, 9.17) is 0 Å². The predicted molar refractivity (Wildman–Crippen MR) is 91.6 cm³/mol. The molecule has 1 saturated carbocycles. The zero-order valence-electron chi connectivity index (χ0n) is 14.0. The van der Waals surface area contributed by atoms with E-state index in [-0.39, 0.29) is 23.3 Å². The van der Waals surface area contributed by atoms with Crippen molar-refractivity contribution in [2.75, 3.05) is 10.6 Å². The third kappa shape index (κ3) is 4.84. The SMILES string of the molecule is O=C(Nc1ccc(NC(=O)C(F)(F)F)cc1)C(c1ccc(F)cc1)C1CC1. The number of nitrogens with one attached hydrogen (secondary N) is 2. The van der Waals surface area contributed by atoms with Gasteiger partial charge in [-0.05, 0) is 60.7 Å². The molecule has 0 spiro atoms. The lowest BCUT2D eigenvalue weighted by Gasteiger charge is -2.17. The predicted octanol–water partition coefficient (Wildman–Crippen LogP) is 4.46. The first kappa shape index (κ1) is 18.9. The average Bonchev–Trinajstić information content (AvgIpc) is 3.42. The summed E-state index contributed by atoms with van der Waals surface area (Å²) in [4.78, 5) is 23.6. The third-order valence-electron chi connectivity index (χ3n) is 4.27. The van der Waals surface area contributed by atoms with Crippen molar-refractivity contribution < 1.29 is 27.2 Å². The van der Waals surface area contributed by atoms with Crippen molar-refractivity contribution in [1.82, 2.24) is 0 Å². The second-order valence-corrected chi connectivity index (χ2v) is 6.39. The van der Waals surface area contributed by atoms with Crippen LogP contribution < -0.4 is 10.6 Å². The minimum absolute atomic E-state index is 0.0346. The van der Waals surface area contributed by atoms with Crippen LogP contribution in [-0.2, 0) is 9.59 Å². The molecule has 0 bridgehead atoms. The normalized spacial score (nSPS) is 15.1. The summed E-state index contributed by atoms with van der Waals surface area (Å²) < 4.78 is 49.9. The Morgan fingerprint density at radius 2 is 1.41 bits per heavy atom. The highest BCUT2D eigenvalue weighted by Gasteiger charge is 2.39. The number of alkyl halides is 3. The Bertz CT molecular complexity index is 828. The maximum atomic E-state index is 13.1. The van der Waals surface area contributed by atoms with Crippen LogP contribution in [0.25, 0.3) is 0 Å². The van der Waals surface area contributed by atoms with Gasteiger partial charge in [-0.1, -0.05) is 12.1 Å². The van der Waals surface area contributed by atoms with Gasteiger partial charge < -0.3 is 10.6 Å². The summed E-state index contributed by atoms with van der Waals surface area (Å²) in [5, 5.41) is 4.45. The van der Waals surface area contributed by atoms with Crippen LogP contribution in [0.5, 0.6) is 0 Å². The fourth-order valence-electron chi connectivity index (χ4n) is 2.80. The molecule has 1 aliphatic rings. The van der Waals surface area contributed by atoms with Crippen molar-refractivity contribution in [1.29, 1.82) is 0 Å². The average molecular weight is 380 g/mol. The van der Waals surface area contributed by atoms with E-state index in [2.05, 4.69) is 5.32 Å². The number of carbonyl (C=O) groups excluding carboxylic acids is 2. The number of rotatable bonds is 5. The Morgan fingerprint density at radius 1 is 0.889 bits per heavy atom. The molecule has 4 nitrogen and oxygen atoms in total. The highest BCUT2D eigenvalue weighted by atomic mass is 19.4. The minimum Gasteiger partial charge on any atom is -0.326 e. The molecule has 0 heterocycles. The smallest absolute Gasteiger partial charge is 0.326 e. The molecule has 0 saturated heterocycles. The topological polar surface area (TPSA) is 58.2 Å². The maximum absolute atomic E-state index is 13.1. The summed E-state index contributed by atoms with van der Waals surface area (Å²) >= 11 is 0. The Kier molecular flexibility index (Phi) is 5.16. The molecule has 2 N–H and O–H groups in total. The van der Waals surface area contributed by atoms with E-state index in [1.165, 1.54) is 36.4 Å². The molecule has 1 aliphatic carbocycles. The fourth-order valence-corrected chi connectivity index (χ4v) is 2.80. The molecule has 8 heteroatoms. The van der Waals surface area contributed by atoms with E-state index in [0.29, 0.717) is 11.3 Å². The summed E-state index contributed by atoms with van der Waals surface area (Å²) in [6.45, 7) is 0. The van der Waals surface area contributed by atoms with Crippen LogP contribution in [0.3, 0.4) is 0 Å². The molecule has 0 radical (unpaired) electrons. The summed E-state index contributed by atoms with van der Waals surface area (Å²) in [6.07, 6.45) is -3.17. The molecule has 1 unspecified atom stereocenters. The van der Waals surface area contributed by atoms with E-state index >= 15 is 0 Å². The first-order chi connectivity index (χ1) is 12.7. The largest absolute Gasteiger partial charge is 0.471 e. The van der Waals surface area contributed by atoms with Gasteiger partial charge in [0.2, 0.25) is 5.91 Å². The lowest BCUT2D eigenvalue weighted by atomic mass is 9.93. The summed E-state index contributed by atoms with van der Waals surface area (Å²) in [5.74, 6) is -2.96. The van der Waals surface area contributed by atoms with E-state index < -0.39 is 18.0 Å². The summed E-state index contributed by atoms with van der Waals surface area (Å²) in [6, 6.07) is 11.1. The van der Waals surface area contributed by atoms with Crippen LogP contribution in [0.4, 0.5) is 28.9 Å². The van der Waals surface area contributed by atoms with Gasteiger partial charge in [-0.15, -0.1) is 0 Å². The number of benzene rings is 2. The molecular weight excluding hydrogens is 364 g/mol. The van der Waals surface area contributed by atoms with Gasteiger partial charge in [0.1, 0.15) is 5.82 Å². The quantitative estimate of drug-likeness (QED) is 0.753. The minimum atomic E-state index is -4.97. The highest BCUT2D eigenvalue weighted by Crippen LogP contribution is 2.43. The lowest BCUT2D eigenvalue weighted by Crippen LogP contribution is -2.29. The van der Waals surface area contributed by atoms with Crippen LogP contribution >= 0.6 is 0 Å². The molecule has 2 aromatic rings. The van der Waals surface area contributed by atoms with Gasteiger partial charge >= 0.3 is 12.1 Å². The zero-order chi connectivity index (χ0) is 19.6. The second-order valence-electron chi connectivity index (χ2n) is 6.39. The number of carbonyl (C=O) groups is 2. The highest BCUT2D eigenvalue weighted by molar-refractivity contribution is 5.97. The molecule has 0 aromatic heterocycles. The molecular formula is C19H16F4N2O2. The number of amides is 2. The molecule has 27 heavy (non-hydrogen) atoms. The molecule has 2 amide bonds. The van der Waals surface area contributed by atoms with Crippen molar-refractivity contribution in [2.45, 2.75) is 24.9 Å². The van der Waals surface area contributed by atoms with Crippen molar-refractivity contribution in [3.05, 3.63) is 59.9 Å². The molecule has 1 atom stereocenters. The number of hydrogen-bond donors (Lipinski definition) is 2. The molecule has 0 aliphatic heterocycles. The fraction of sp³-hybridized carbons (Fsp3) is 0.263. The molecule has 3 rings (SSSR count). The van der Waals surface area contributed by atoms with Gasteiger partial charge in [-0.2, -0.15) is 13.2 Å². The van der Waals surface area contributed by atoms with E-state index in [9.17, 15) is 27.2 Å². The Hall–Kier alpha value is -2.90. The van der Waals surface area contributed by atoms with Crippen molar-refractivity contribution in [3.63, 3.8) is 0 Å². The Labute approximate surface area is 152 Å². The van der Waals surface area contributed by atoms with E-state index in [0.717, 1.165) is 12.8 Å². The van der Waals surface area contributed by atoms with Crippen molar-refractivity contribution >= 4 is 23.2 Å².